The second kappa shape index (κ2) is 18.1. The summed E-state index contributed by atoms with van der Waals surface area (Å²) in [6.45, 7) is 7.80. The van der Waals surface area contributed by atoms with E-state index in [9.17, 15) is 37.8 Å². The number of carboxylic acid groups (broad SMARTS) is 1. The van der Waals surface area contributed by atoms with Gasteiger partial charge in [0, 0.05) is 24.1 Å². The molecular formula is C38H51N5O9S. The quantitative estimate of drug-likeness (QED) is 0.125. The molecule has 0 radical (unpaired) electrons. The summed E-state index contributed by atoms with van der Waals surface area (Å²) in [6, 6.07) is 17.5. The topological polar surface area (TPSA) is 213 Å². The highest BCUT2D eigenvalue weighted by atomic mass is 32.2. The van der Waals surface area contributed by atoms with Crippen molar-refractivity contribution in [2.24, 2.45) is 5.41 Å². The van der Waals surface area contributed by atoms with Crippen molar-refractivity contribution in [3.8, 4) is 11.3 Å². The van der Waals surface area contributed by atoms with Crippen molar-refractivity contribution in [1.82, 2.24) is 26.3 Å². The average molecular weight is 754 g/mol. The fourth-order valence-corrected chi connectivity index (χ4v) is 6.32. The second-order valence-electron chi connectivity index (χ2n) is 14.6. The Morgan fingerprint density at radius 3 is 1.89 bits per heavy atom. The number of amides is 4. The number of nitrogens with one attached hydrogen (secondary N) is 4. The number of nitrogens with zero attached hydrogens (tertiary/aromatic N) is 1. The summed E-state index contributed by atoms with van der Waals surface area (Å²) in [5.74, 6) is -1.49. The number of hydrogen-bond acceptors (Lipinski definition) is 9. The monoisotopic (exact) mass is 753 g/mol. The van der Waals surface area contributed by atoms with Crippen LogP contribution < -0.4 is 21.3 Å². The minimum atomic E-state index is -3.95. The first kappa shape index (κ1) is 42.4. The van der Waals surface area contributed by atoms with Gasteiger partial charge in [0.1, 0.15) is 12.1 Å². The van der Waals surface area contributed by atoms with Crippen LogP contribution in [-0.2, 0) is 37.0 Å². The molecule has 0 saturated carbocycles. The number of alkyl carbamates (subject to hydrolysis) is 1. The third-order valence-electron chi connectivity index (χ3n) is 9.12. The first-order valence-corrected chi connectivity index (χ1v) is 19.0. The van der Waals surface area contributed by atoms with Crippen LogP contribution in [0.4, 0.5) is 9.59 Å². The Morgan fingerprint density at radius 2 is 1.36 bits per heavy atom. The Morgan fingerprint density at radius 1 is 0.774 bits per heavy atom. The van der Waals surface area contributed by atoms with E-state index < -0.39 is 74.3 Å². The van der Waals surface area contributed by atoms with E-state index >= 15 is 0 Å². The van der Waals surface area contributed by atoms with E-state index in [0.29, 0.717) is 0 Å². The zero-order valence-corrected chi connectivity index (χ0v) is 31.9. The van der Waals surface area contributed by atoms with Gasteiger partial charge in [-0.25, -0.2) is 18.0 Å². The van der Waals surface area contributed by atoms with E-state index in [2.05, 4.69) is 26.3 Å². The lowest BCUT2D eigenvalue weighted by molar-refractivity contribution is -0.127. The number of methoxy groups -OCH3 is 1. The Labute approximate surface area is 311 Å². The molecule has 0 aliphatic carbocycles. The maximum Gasteiger partial charge on any atom is 0.407 e. The van der Waals surface area contributed by atoms with Gasteiger partial charge in [-0.1, -0.05) is 81.4 Å². The lowest BCUT2D eigenvalue weighted by atomic mass is 9.85. The molecule has 5 atom stereocenters. The number of pyridine rings is 1. The molecule has 0 fully saturated rings. The number of hydrogen-bond donors (Lipinski definition) is 6. The number of aromatic nitrogens is 1. The van der Waals surface area contributed by atoms with Gasteiger partial charge >= 0.3 is 12.2 Å². The maximum absolute atomic E-state index is 13.8. The molecule has 0 spiro atoms. The SMILES string of the molecule is COC(=O)N[C@H](C(=O)N[C@@H](Cc1ccc(-c2ccccn2)cc1)[C@@H](O)C[C@H](Cc1ccccc1)NC(=O)[C@@H](NC(=O)O)C(C)(C)S(C)(=O)=O)C(C)(C)C. The summed E-state index contributed by atoms with van der Waals surface area (Å²) in [7, 11) is -2.77. The molecule has 14 nitrogen and oxygen atoms in total. The number of carbonyl (C=O) groups is 4. The highest BCUT2D eigenvalue weighted by Crippen LogP contribution is 2.24. The standard InChI is InChI=1S/C38H51N5O9S/c1-37(2,3)31(43-36(49)52-6)33(45)41-29(22-25-16-18-26(19-17-25)28-15-11-12-20-39-28)30(44)23-27(21-24-13-9-8-10-14-24)40-34(46)32(42-35(47)48)38(4,5)53(7,50)51/h8-20,27,29-32,42,44H,21-23H2,1-7H3,(H,40,46)(H,41,45)(H,43,49)(H,47,48)/t27-,29-,30-,31+,32+/m0/s1. The number of benzene rings is 2. The largest absolute Gasteiger partial charge is 0.465 e. The summed E-state index contributed by atoms with van der Waals surface area (Å²) in [4.78, 5) is 55.9. The van der Waals surface area contributed by atoms with Gasteiger partial charge in [-0.15, -0.1) is 0 Å². The molecule has 53 heavy (non-hydrogen) atoms. The Bertz CT molecular complexity index is 1800. The van der Waals surface area contributed by atoms with Gasteiger partial charge in [-0.05, 0) is 61.8 Å². The smallest absolute Gasteiger partial charge is 0.407 e. The lowest BCUT2D eigenvalue weighted by Gasteiger charge is -2.35. The van der Waals surface area contributed by atoms with Gasteiger partial charge in [0.15, 0.2) is 9.84 Å². The Kier molecular flexibility index (Phi) is 14.5. The van der Waals surface area contributed by atoms with Gasteiger partial charge < -0.3 is 36.2 Å². The lowest BCUT2D eigenvalue weighted by Crippen LogP contribution is -2.62. The molecule has 1 heterocycles. The first-order valence-electron chi connectivity index (χ1n) is 17.1. The van der Waals surface area contributed by atoms with E-state index in [4.69, 9.17) is 4.74 Å². The minimum absolute atomic E-state index is 0.138. The summed E-state index contributed by atoms with van der Waals surface area (Å²) < 4.78 is 28.3. The van der Waals surface area contributed by atoms with Crippen molar-refractivity contribution >= 4 is 33.8 Å². The molecule has 288 valence electrons. The third kappa shape index (κ3) is 12.3. The van der Waals surface area contributed by atoms with E-state index in [0.717, 1.165) is 28.6 Å². The number of aliphatic hydroxyl groups is 1. The van der Waals surface area contributed by atoms with Gasteiger partial charge in [0.25, 0.3) is 0 Å². The molecule has 0 bridgehead atoms. The van der Waals surface area contributed by atoms with Gasteiger partial charge in [-0.2, -0.15) is 0 Å². The van der Waals surface area contributed by atoms with E-state index in [1.807, 2.05) is 60.7 Å². The fourth-order valence-electron chi connectivity index (χ4n) is 5.73. The van der Waals surface area contributed by atoms with Crippen LogP contribution in [0.1, 0.15) is 52.2 Å². The highest BCUT2D eigenvalue weighted by Gasteiger charge is 2.45. The summed E-state index contributed by atoms with van der Waals surface area (Å²) in [6.07, 6.45) is -0.930. The Balaban J connectivity index is 2.00. The average Bonchev–Trinajstić information content (AvgIpc) is 3.08. The van der Waals surface area contributed by atoms with Crippen LogP contribution >= 0.6 is 0 Å². The number of rotatable bonds is 16. The van der Waals surface area contributed by atoms with E-state index in [1.54, 1.807) is 39.1 Å². The van der Waals surface area contributed by atoms with Crippen molar-refractivity contribution in [1.29, 1.82) is 0 Å². The zero-order chi connectivity index (χ0) is 39.6. The number of carbonyl (C=O) groups excluding carboxylic acids is 3. The number of ether oxygens (including phenoxy) is 1. The molecule has 0 unspecified atom stereocenters. The minimum Gasteiger partial charge on any atom is -0.465 e. The van der Waals surface area contributed by atoms with Gasteiger partial charge in [0.2, 0.25) is 11.8 Å². The molecule has 2 aromatic carbocycles. The predicted molar refractivity (Wildman–Crippen MR) is 201 cm³/mol. The van der Waals surface area contributed by atoms with Gasteiger partial charge in [0.05, 0.1) is 29.7 Å². The predicted octanol–water partition coefficient (Wildman–Crippen LogP) is 3.48. The van der Waals surface area contributed by atoms with Crippen LogP contribution in [0.2, 0.25) is 0 Å². The number of aliphatic hydroxyl groups excluding tert-OH is 1. The molecule has 3 aromatic rings. The van der Waals surface area contributed by atoms with Crippen LogP contribution in [0.15, 0.2) is 79.0 Å². The second-order valence-corrected chi connectivity index (χ2v) is 17.2. The molecule has 4 amide bonds. The molecule has 0 aliphatic heterocycles. The van der Waals surface area contributed by atoms with Crippen molar-refractivity contribution < 1.29 is 42.5 Å². The molecule has 0 aliphatic rings. The van der Waals surface area contributed by atoms with Crippen molar-refractivity contribution in [3.63, 3.8) is 0 Å². The van der Waals surface area contributed by atoms with E-state index in [1.165, 1.54) is 21.0 Å². The van der Waals surface area contributed by atoms with Crippen LogP contribution in [-0.4, -0.2) is 96.0 Å². The van der Waals surface area contributed by atoms with Crippen molar-refractivity contribution in [2.75, 3.05) is 13.4 Å². The summed E-state index contributed by atoms with van der Waals surface area (Å²) >= 11 is 0. The Hall–Kier alpha value is -5.02. The zero-order valence-electron chi connectivity index (χ0n) is 31.1. The maximum atomic E-state index is 13.8. The summed E-state index contributed by atoms with van der Waals surface area (Å²) in [5.41, 5.74) is 2.39. The van der Waals surface area contributed by atoms with Crippen LogP contribution in [0.3, 0.4) is 0 Å². The number of sulfone groups is 1. The van der Waals surface area contributed by atoms with Crippen molar-refractivity contribution in [3.05, 3.63) is 90.1 Å². The molecule has 3 rings (SSSR count). The van der Waals surface area contributed by atoms with E-state index in [-0.39, 0.29) is 19.3 Å². The molecule has 15 heteroatoms. The fraction of sp³-hybridized carbons (Fsp3) is 0.447. The first-order chi connectivity index (χ1) is 24.7. The van der Waals surface area contributed by atoms with Crippen molar-refractivity contribution in [2.45, 2.75) is 88.9 Å². The molecule has 6 N–H and O–H groups in total. The van der Waals surface area contributed by atoms with Crippen LogP contribution in [0.25, 0.3) is 11.3 Å². The molecular weight excluding hydrogens is 703 g/mol. The molecule has 1 aromatic heterocycles. The van der Waals surface area contributed by atoms with Gasteiger partial charge in [-0.3, -0.25) is 14.6 Å². The summed E-state index contributed by atoms with van der Waals surface area (Å²) in [5, 5.41) is 31.7. The van der Waals surface area contributed by atoms with Crippen LogP contribution in [0.5, 0.6) is 0 Å². The van der Waals surface area contributed by atoms with Crippen LogP contribution in [0, 0.1) is 5.41 Å². The third-order valence-corrected chi connectivity index (χ3v) is 11.3. The molecule has 0 saturated heterocycles. The normalized spacial score (nSPS) is 14.8. The highest BCUT2D eigenvalue weighted by molar-refractivity contribution is 7.92.